The van der Waals surface area contributed by atoms with Gasteiger partial charge in [-0.2, -0.15) is 0 Å². The number of carbonyl (C=O) groups is 2. The molecule has 1 amide bonds. The Kier molecular flexibility index (Phi) is 12.6. The van der Waals surface area contributed by atoms with Crippen molar-refractivity contribution >= 4 is 12.1 Å². The van der Waals surface area contributed by atoms with Gasteiger partial charge in [-0.25, -0.2) is 9.59 Å². The van der Waals surface area contributed by atoms with Gasteiger partial charge in [0.15, 0.2) is 6.10 Å². The van der Waals surface area contributed by atoms with Crippen LogP contribution in [0, 0.1) is 5.92 Å². The molecule has 1 unspecified atom stereocenters. The van der Waals surface area contributed by atoms with Crippen LogP contribution in [0.3, 0.4) is 0 Å². The van der Waals surface area contributed by atoms with Crippen molar-refractivity contribution in [3.05, 3.63) is 59.7 Å². The van der Waals surface area contributed by atoms with Crippen molar-refractivity contribution in [1.29, 1.82) is 0 Å². The number of aliphatic carboxylic acids is 1. The van der Waals surface area contributed by atoms with Crippen LogP contribution in [0.5, 0.6) is 11.5 Å². The summed E-state index contributed by atoms with van der Waals surface area (Å²) in [6.07, 6.45) is 7.72. The van der Waals surface area contributed by atoms with Crippen molar-refractivity contribution in [2.75, 3.05) is 26.3 Å². The van der Waals surface area contributed by atoms with Gasteiger partial charge in [-0.3, -0.25) is 0 Å². The minimum Gasteiger partial charge on any atom is -0.492 e. The van der Waals surface area contributed by atoms with Crippen LogP contribution in [0.1, 0.15) is 82.8 Å². The fourth-order valence-electron chi connectivity index (χ4n) is 5.06. The van der Waals surface area contributed by atoms with Crippen LogP contribution in [0.2, 0.25) is 0 Å². The van der Waals surface area contributed by atoms with E-state index in [2.05, 4.69) is 13.8 Å². The van der Waals surface area contributed by atoms with E-state index in [1.165, 1.54) is 37.7 Å². The molecule has 0 radical (unpaired) electrons. The Hall–Kier alpha value is -3.06. The van der Waals surface area contributed by atoms with Crippen molar-refractivity contribution in [2.45, 2.75) is 84.2 Å². The van der Waals surface area contributed by atoms with Gasteiger partial charge in [0.2, 0.25) is 0 Å². The van der Waals surface area contributed by atoms with Crippen LogP contribution < -0.4 is 9.47 Å². The predicted octanol–water partition coefficient (Wildman–Crippen LogP) is 7.08. The summed E-state index contributed by atoms with van der Waals surface area (Å²) >= 11 is 0. The monoisotopic (exact) mass is 539 g/mol. The summed E-state index contributed by atoms with van der Waals surface area (Å²) in [5, 5.41) is 9.30. The summed E-state index contributed by atoms with van der Waals surface area (Å²) in [7, 11) is 0. The molecule has 39 heavy (non-hydrogen) atoms. The maximum atomic E-state index is 13.1. The molecule has 0 aromatic heterocycles. The number of carboxylic acid groups (broad SMARTS) is 1. The Morgan fingerprint density at radius 3 is 2.23 bits per heavy atom. The molecule has 1 saturated carbocycles. The summed E-state index contributed by atoms with van der Waals surface area (Å²) in [5.74, 6) is 1.43. The molecular weight excluding hydrogens is 494 g/mol. The fraction of sp³-hybridized carbons (Fsp3) is 0.562. The van der Waals surface area contributed by atoms with Crippen LogP contribution in [-0.4, -0.2) is 54.5 Å². The second-order valence-electron chi connectivity index (χ2n) is 10.7. The van der Waals surface area contributed by atoms with E-state index in [0.717, 1.165) is 24.3 Å². The highest BCUT2D eigenvalue weighted by Crippen LogP contribution is 2.27. The molecule has 7 heteroatoms. The third kappa shape index (κ3) is 10.6. The first-order chi connectivity index (χ1) is 18.9. The van der Waals surface area contributed by atoms with Crippen LogP contribution in [0.4, 0.5) is 4.79 Å². The Balaban J connectivity index is 1.54. The number of ether oxygens (including phenoxy) is 3. The molecule has 2 aromatic rings. The maximum Gasteiger partial charge on any atom is 0.415 e. The first-order valence-corrected chi connectivity index (χ1v) is 14.5. The number of carboxylic acids is 1. The number of hydrogen-bond acceptors (Lipinski definition) is 5. The van der Waals surface area contributed by atoms with Crippen LogP contribution in [-0.2, 0) is 16.0 Å². The Morgan fingerprint density at radius 1 is 0.949 bits per heavy atom. The Morgan fingerprint density at radius 2 is 1.62 bits per heavy atom. The van der Waals surface area contributed by atoms with E-state index < -0.39 is 12.1 Å². The molecule has 3 rings (SSSR count). The first-order valence-electron chi connectivity index (χ1n) is 14.5. The molecule has 0 saturated heterocycles. The number of rotatable bonds is 15. The molecule has 1 N–H and O–H groups in total. The number of benzene rings is 2. The summed E-state index contributed by atoms with van der Waals surface area (Å²) in [4.78, 5) is 26.2. The molecule has 0 heterocycles. The third-order valence-electron chi connectivity index (χ3n) is 7.39. The number of hydrogen-bond donors (Lipinski definition) is 1. The molecule has 0 bridgehead atoms. The largest absolute Gasteiger partial charge is 0.492 e. The number of nitrogens with zero attached hydrogens (tertiary/aromatic N) is 1. The van der Waals surface area contributed by atoms with Crippen molar-refractivity contribution in [1.82, 2.24) is 4.90 Å². The van der Waals surface area contributed by atoms with Crippen molar-refractivity contribution in [3.8, 4) is 11.5 Å². The van der Waals surface area contributed by atoms with Crippen molar-refractivity contribution in [3.63, 3.8) is 0 Å². The van der Waals surface area contributed by atoms with Gasteiger partial charge in [0.1, 0.15) is 18.1 Å². The maximum absolute atomic E-state index is 13.1. The van der Waals surface area contributed by atoms with Gasteiger partial charge in [-0.1, -0.05) is 70.2 Å². The molecule has 2 aromatic carbocycles. The highest BCUT2D eigenvalue weighted by atomic mass is 16.6. The zero-order valence-electron chi connectivity index (χ0n) is 23.8. The number of amides is 1. The molecule has 214 valence electrons. The highest BCUT2D eigenvalue weighted by Gasteiger charge is 2.20. The average molecular weight is 540 g/mol. The van der Waals surface area contributed by atoms with Gasteiger partial charge in [-0.05, 0) is 67.0 Å². The standard InChI is InChI=1S/C32H45NO6/c1-4-37-30(31(34)35)23-26-12-16-28(17-13-26)38-22-21-33(20-8-11-25-9-6-5-7-10-25)32(36)39-29-18-14-27(15-19-29)24(2)3/h12-19,24-25,30H,4-11,20-23H2,1-3H3,(H,34,35). The van der Waals surface area contributed by atoms with Gasteiger partial charge < -0.3 is 24.2 Å². The second-order valence-corrected chi connectivity index (χ2v) is 10.7. The van der Waals surface area contributed by atoms with Gasteiger partial charge >= 0.3 is 12.1 Å². The molecule has 0 aliphatic heterocycles. The second kappa shape index (κ2) is 16.1. The minimum absolute atomic E-state index is 0.294. The minimum atomic E-state index is -0.969. The topological polar surface area (TPSA) is 85.3 Å². The summed E-state index contributed by atoms with van der Waals surface area (Å²) in [5.41, 5.74) is 2.06. The van der Waals surface area contributed by atoms with Crippen LogP contribution >= 0.6 is 0 Å². The predicted molar refractivity (Wildman–Crippen MR) is 153 cm³/mol. The highest BCUT2D eigenvalue weighted by molar-refractivity contribution is 5.72. The third-order valence-corrected chi connectivity index (χ3v) is 7.39. The molecule has 1 aliphatic carbocycles. The van der Waals surface area contributed by atoms with Gasteiger partial charge in [0.05, 0.1) is 6.54 Å². The first kappa shape index (κ1) is 30.5. The van der Waals surface area contributed by atoms with E-state index in [-0.39, 0.29) is 6.09 Å². The SMILES string of the molecule is CCOC(Cc1ccc(OCCN(CCCC2CCCCC2)C(=O)Oc2ccc(C(C)C)cc2)cc1)C(=O)O. The van der Waals surface area contributed by atoms with Crippen molar-refractivity contribution in [2.24, 2.45) is 5.92 Å². The van der Waals surface area contributed by atoms with E-state index in [1.807, 2.05) is 48.5 Å². The van der Waals surface area contributed by atoms with E-state index in [1.54, 1.807) is 11.8 Å². The Bertz CT molecular complexity index is 998. The molecule has 0 spiro atoms. The van der Waals surface area contributed by atoms with Gasteiger partial charge in [0.25, 0.3) is 0 Å². The van der Waals surface area contributed by atoms with Gasteiger partial charge in [0, 0.05) is 19.6 Å². The molecule has 1 fully saturated rings. The quantitative estimate of drug-likeness (QED) is 0.260. The lowest BCUT2D eigenvalue weighted by molar-refractivity contribution is -0.149. The lowest BCUT2D eigenvalue weighted by atomic mass is 9.86. The molecule has 1 aliphatic rings. The Labute approximate surface area is 233 Å². The molecule has 1 atom stereocenters. The summed E-state index contributed by atoms with van der Waals surface area (Å²) in [6.45, 7) is 7.79. The van der Waals surface area contributed by atoms with E-state index in [0.29, 0.717) is 50.1 Å². The summed E-state index contributed by atoms with van der Waals surface area (Å²) < 4.78 is 17.0. The normalized spacial score (nSPS) is 14.7. The van der Waals surface area contributed by atoms with Crippen molar-refractivity contribution < 1.29 is 28.9 Å². The van der Waals surface area contributed by atoms with Crippen LogP contribution in [0.25, 0.3) is 0 Å². The molecule has 7 nitrogen and oxygen atoms in total. The lowest BCUT2D eigenvalue weighted by Gasteiger charge is -2.25. The smallest absolute Gasteiger partial charge is 0.415 e. The average Bonchev–Trinajstić information content (AvgIpc) is 2.93. The van der Waals surface area contributed by atoms with Gasteiger partial charge in [-0.15, -0.1) is 0 Å². The van der Waals surface area contributed by atoms with Crippen LogP contribution in [0.15, 0.2) is 48.5 Å². The van der Waals surface area contributed by atoms with E-state index in [9.17, 15) is 14.7 Å². The summed E-state index contributed by atoms with van der Waals surface area (Å²) in [6, 6.07) is 15.0. The number of carbonyl (C=O) groups excluding carboxylic acids is 1. The van der Waals surface area contributed by atoms with E-state index >= 15 is 0 Å². The zero-order chi connectivity index (χ0) is 28.0. The zero-order valence-corrected chi connectivity index (χ0v) is 23.8. The van der Waals surface area contributed by atoms with E-state index in [4.69, 9.17) is 14.2 Å². The molecular formula is C32H45NO6. The lowest BCUT2D eigenvalue weighted by Crippen LogP contribution is -2.37. The fourth-order valence-corrected chi connectivity index (χ4v) is 5.06.